The van der Waals surface area contributed by atoms with Gasteiger partial charge in [0.15, 0.2) is 4.96 Å². The summed E-state index contributed by atoms with van der Waals surface area (Å²) in [5, 5.41) is 4.29. The minimum Gasteiger partial charge on any atom is -0.348 e. The van der Waals surface area contributed by atoms with Crippen LogP contribution in [0, 0.1) is 0 Å². The minimum atomic E-state index is -3.64. The van der Waals surface area contributed by atoms with Gasteiger partial charge in [0.25, 0.3) is 11.5 Å². The summed E-state index contributed by atoms with van der Waals surface area (Å²) in [7, 11) is -0.769. The number of nitrogens with zero attached hydrogens (tertiary/aromatic N) is 3. The molecule has 1 amide bonds. The van der Waals surface area contributed by atoms with Gasteiger partial charge in [-0.3, -0.25) is 14.0 Å². The van der Waals surface area contributed by atoms with Gasteiger partial charge in [-0.15, -0.1) is 11.3 Å². The van der Waals surface area contributed by atoms with Crippen LogP contribution in [-0.4, -0.2) is 42.1 Å². The molecule has 3 rings (SSSR count). The highest BCUT2D eigenvalue weighted by Gasteiger charge is 2.21. The van der Waals surface area contributed by atoms with Crippen LogP contribution in [-0.2, 0) is 16.6 Å². The number of amides is 1. The molecule has 0 unspecified atom stereocenters. The van der Waals surface area contributed by atoms with Crippen molar-refractivity contribution >= 4 is 32.2 Å². The number of carbonyl (C=O) groups is 1. The summed E-state index contributed by atoms with van der Waals surface area (Å²) in [6.45, 7) is -0.0339. The number of benzene rings is 1. The number of hydrogen-bond acceptors (Lipinski definition) is 6. The molecule has 0 aliphatic carbocycles. The zero-order chi connectivity index (χ0) is 18.9. The van der Waals surface area contributed by atoms with E-state index in [1.54, 1.807) is 29.8 Å². The number of thiazole rings is 1. The Kier molecular flexibility index (Phi) is 4.90. The number of fused-ring (bicyclic) bond motifs is 1. The van der Waals surface area contributed by atoms with Crippen molar-refractivity contribution in [3.63, 3.8) is 0 Å². The molecule has 10 heteroatoms. The average molecular weight is 392 g/mol. The maximum Gasteiger partial charge on any atom is 0.271 e. The first kappa shape index (κ1) is 18.2. The SMILES string of the molecule is CN(C)S(=O)(=O)c1ccccc1CNC(=O)c1cnc2sccn2c1=O. The summed E-state index contributed by atoms with van der Waals surface area (Å²) in [5.74, 6) is -0.611. The second-order valence-electron chi connectivity index (χ2n) is 5.61. The largest absolute Gasteiger partial charge is 0.348 e. The van der Waals surface area contributed by atoms with Gasteiger partial charge < -0.3 is 5.32 Å². The fraction of sp³-hybridized carbons (Fsp3) is 0.188. The molecule has 0 fully saturated rings. The molecule has 0 saturated carbocycles. The van der Waals surface area contributed by atoms with E-state index in [9.17, 15) is 18.0 Å². The van der Waals surface area contributed by atoms with Crippen molar-refractivity contribution < 1.29 is 13.2 Å². The van der Waals surface area contributed by atoms with E-state index in [1.807, 2.05) is 0 Å². The lowest BCUT2D eigenvalue weighted by Crippen LogP contribution is -2.31. The molecule has 8 nitrogen and oxygen atoms in total. The van der Waals surface area contributed by atoms with Gasteiger partial charge in [-0.25, -0.2) is 17.7 Å². The van der Waals surface area contributed by atoms with Gasteiger partial charge in [-0.05, 0) is 11.6 Å². The van der Waals surface area contributed by atoms with Crippen LogP contribution in [0.1, 0.15) is 15.9 Å². The fourth-order valence-electron chi connectivity index (χ4n) is 2.35. The van der Waals surface area contributed by atoms with Crippen LogP contribution in [0.15, 0.2) is 51.7 Å². The highest BCUT2D eigenvalue weighted by Crippen LogP contribution is 2.18. The zero-order valence-electron chi connectivity index (χ0n) is 14.0. The Hall–Kier alpha value is -2.56. The van der Waals surface area contributed by atoms with Crippen LogP contribution in [0.25, 0.3) is 4.96 Å². The molecule has 1 N–H and O–H groups in total. The van der Waals surface area contributed by atoms with Gasteiger partial charge in [0.05, 0.1) is 4.90 Å². The first-order valence-electron chi connectivity index (χ1n) is 7.56. The Labute approximate surface area is 153 Å². The standard InChI is InChI=1S/C16H16N4O4S2/c1-19(2)26(23,24)13-6-4-3-5-11(13)9-17-14(21)12-10-18-16-20(15(12)22)7-8-25-16/h3-8,10H,9H2,1-2H3,(H,17,21). The molecular formula is C16H16N4O4S2. The molecule has 1 aromatic carbocycles. The van der Waals surface area contributed by atoms with Crippen molar-refractivity contribution in [3.8, 4) is 0 Å². The lowest BCUT2D eigenvalue weighted by atomic mass is 10.2. The molecule has 3 aromatic rings. The molecular weight excluding hydrogens is 376 g/mol. The van der Waals surface area contributed by atoms with Gasteiger partial charge >= 0.3 is 0 Å². The highest BCUT2D eigenvalue weighted by atomic mass is 32.2. The van der Waals surface area contributed by atoms with E-state index in [1.165, 1.54) is 42.1 Å². The molecule has 2 aromatic heterocycles. The van der Waals surface area contributed by atoms with Crippen LogP contribution in [0.3, 0.4) is 0 Å². The predicted molar refractivity (Wildman–Crippen MR) is 97.8 cm³/mol. The van der Waals surface area contributed by atoms with Crippen molar-refractivity contribution in [2.24, 2.45) is 0 Å². The number of aromatic nitrogens is 2. The molecule has 0 aliphatic rings. The Bertz CT molecular complexity index is 1130. The fourth-order valence-corrected chi connectivity index (χ4v) is 4.14. The Morgan fingerprint density at radius 2 is 2.04 bits per heavy atom. The number of rotatable bonds is 5. The van der Waals surface area contributed by atoms with Crippen LogP contribution in [0.5, 0.6) is 0 Å². The van der Waals surface area contributed by atoms with E-state index in [2.05, 4.69) is 10.3 Å². The molecule has 2 heterocycles. The number of sulfonamides is 1. The lowest BCUT2D eigenvalue weighted by Gasteiger charge is -2.15. The van der Waals surface area contributed by atoms with Gasteiger partial charge in [-0.1, -0.05) is 18.2 Å². The summed E-state index contributed by atoms with van der Waals surface area (Å²) in [6.07, 6.45) is 2.77. The van der Waals surface area contributed by atoms with E-state index in [0.29, 0.717) is 10.5 Å². The maximum atomic E-state index is 12.4. The van der Waals surface area contributed by atoms with Crippen molar-refractivity contribution in [1.82, 2.24) is 19.0 Å². The van der Waals surface area contributed by atoms with E-state index in [4.69, 9.17) is 0 Å². The smallest absolute Gasteiger partial charge is 0.271 e. The summed E-state index contributed by atoms with van der Waals surface area (Å²) < 4.78 is 27.2. The predicted octanol–water partition coefficient (Wildman–Crippen LogP) is 0.936. The van der Waals surface area contributed by atoms with E-state index >= 15 is 0 Å². The minimum absolute atomic E-state index is 0.0339. The van der Waals surface area contributed by atoms with Crippen molar-refractivity contribution in [2.75, 3.05) is 14.1 Å². The first-order chi connectivity index (χ1) is 12.3. The summed E-state index contributed by atoms with van der Waals surface area (Å²) in [5.41, 5.74) is -0.143. The van der Waals surface area contributed by atoms with E-state index in [0.717, 1.165) is 4.31 Å². The molecule has 0 aliphatic heterocycles. The van der Waals surface area contributed by atoms with E-state index < -0.39 is 21.5 Å². The molecule has 0 bridgehead atoms. The normalized spacial score (nSPS) is 11.8. The zero-order valence-corrected chi connectivity index (χ0v) is 15.7. The average Bonchev–Trinajstić information content (AvgIpc) is 3.09. The van der Waals surface area contributed by atoms with Gasteiger partial charge in [0, 0.05) is 38.4 Å². The monoisotopic (exact) mass is 392 g/mol. The van der Waals surface area contributed by atoms with Crippen molar-refractivity contribution in [3.05, 3.63) is 63.5 Å². The van der Waals surface area contributed by atoms with Gasteiger partial charge in [-0.2, -0.15) is 0 Å². The highest BCUT2D eigenvalue weighted by molar-refractivity contribution is 7.89. The van der Waals surface area contributed by atoms with Crippen LogP contribution >= 0.6 is 11.3 Å². The van der Waals surface area contributed by atoms with Gasteiger partial charge in [0.1, 0.15) is 5.56 Å². The van der Waals surface area contributed by atoms with Crippen molar-refractivity contribution in [2.45, 2.75) is 11.4 Å². The summed E-state index contributed by atoms with van der Waals surface area (Å²) in [6, 6.07) is 6.39. The summed E-state index contributed by atoms with van der Waals surface area (Å²) >= 11 is 1.29. The maximum absolute atomic E-state index is 12.4. The first-order valence-corrected chi connectivity index (χ1v) is 9.88. The third kappa shape index (κ3) is 3.26. The van der Waals surface area contributed by atoms with Crippen LogP contribution in [0.2, 0.25) is 0 Å². The number of hydrogen-bond donors (Lipinski definition) is 1. The third-order valence-electron chi connectivity index (χ3n) is 3.76. The molecule has 136 valence electrons. The quantitative estimate of drug-likeness (QED) is 0.696. The van der Waals surface area contributed by atoms with Crippen LogP contribution < -0.4 is 10.9 Å². The van der Waals surface area contributed by atoms with Crippen LogP contribution in [0.4, 0.5) is 0 Å². The number of nitrogens with one attached hydrogen (secondary N) is 1. The molecule has 0 radical (unpaired) electrons. The molecule has 0 atom stereocenters. The Balaban J connectivity index is 1.86. The molecule has 26 heavy (non-hydrogen) atoms. The Morgan fingerprint density at radius 3 is 2.77 bits per heavy atom. The topological polar surface area (TPSA) is 101 Å². The third-order valence-corrected chi connectivity index (χ3v) is 6.44. The van der Waals surface area contributed by atoms with E-state index in [-0.39, 0.29) is 17.0 Å². The summed E-state index contributed by atoms with van der Waals surface area (Å²) in [4.78, 5) is 29.4. The number of carbonyl (C=O) groups excluding carboxylic acids is 1. The van der Waals surface area contributed by atoms with Gasteiger partial charge in [0.2, 0.25) is 10.0 Å². The van der Waals surface area contributed by atoms with Crippen molar-refractivity contribution in [1.29, 1.82) is 0 Å². The Morgan fingerprint density at radius 1 is 1.31 bits per heavy atom. The second kappa shape index (κ2) is 6.98. The molecule has 0 spiro atoms. The molecule has 0 saturated heterocycles. The lowest BCUT2D eigenvalue weighted by molar-refractivity contribution is 0.0948. The second-order valence-corrected chi connectivity index (χ2v) is 8.60.